The second kappa shape index (κ2) is 4.61. The highest BCUT2D eigenvalue weighted by atomic mass is 32.2. The first-order valence-electron chi connectivity index (χ1n) is 2.59. The molecule has 1 unspecified atom stereocenters. The summed E-state index contributed by atoms with van der Waals surface area (Å²) in [5.41, 5.74) is 0. The second-order valence-corrected chi connectivity index (χ2v) is 2.99. The van der Waals surface area contributed by atoms with E-state index in [0.29, 0.717) is 0 Å². The molecule has 0 aliphatic rings. The number of hydrogen-bond donors (Lipinski definition) is 1. The van der Waals surface area contributed by atoms with Crippen molar-refractivity contribution in [1.82, 2.24) is 0 Å². The van der Waals surface area contributed by atoms with Crippen molar-refractivity contribution in [2.45, 2.75) is 12.2 Å². The van der Waals surface area contributed by atoms with Gasteiger partial charge in [0.1, 0.15) is 0 Å². The van der Waals surface area contributed by atoms with Crippen LogP contribution in [0.15, 0.2) is 0 Å². The second-order valence-electron chi connectivity index (χ2n) is 1.54. The highest BCUT2D eigenvalue weighted by Crippen LogP contribution is 2.09. The summed E-state index contributed by atoms with van der Waals surface area (Å²) in [5, 5.41) is 7.78. The lowest BCUT2D eigenvalue weighted by molar-refractivity contribution is -0.136. The maximum Gasteiger partial charge on any atom is 0.316 e. The van der Waals surface area contributed by atoms with E-state index in [-0.39, 0.29) is 5.75 Å². The van der Waals surface area contributed by atoms with Crippen LogP contribution in [0, 0.1) is 0 Å². The Hall–Kier alpha value is -0.250. The zero-order chi connectivity index (χ0) is 7.28. The number of thioether (sulfide) groups is 1. The molecule has 54 valence electrons. The number of alkyl halides is 1. The Morgan fingerprint density at radius 3 is 2.78 bits per heavy atom. The number of halogens is 1. The molecule has 9 heavy (non-hydrogen) atoms. The van der Waals surface area contributed by atoms with Gasteiger partial charge < -0.3 is 5.11 Å². The lowest BCUT2D eigenvalue weighted by Crippen LogP contribution is -2.12. The number of aliphatic carboxylic acids is 1. The van der Waals surface area contributed by atoms with Crippen LogP contribution in [0.3, 0.4) is 0 Å². The third kappa shape index (κ3) is 4.27. The van der Waals surface area contributed by atoms with E-state index in [1.165, 1.54) is 0 Å². The molecule has 1 N–H and O–H groups in total. The van der Waals surface area contributed by atoms with Crippen molar-refractivity contribution in [3.8, 4) is 0 Å². The Balaban J connectivity index is 3.27. The molecule has 0 heterocycles. The highest BCUT2D eigenvalue weighted by molar-refractivity contribution is 8.00. The van der Waals surface area contributed by atoms with Gasteiger partial charge in [-0.25, -0.2) is 0 Å². The fourth-order valence-electron chi connectivity index (χ4n) is 0.293. The molecule has 0 aliphatic heterocycles. The third-order valence-corrected chi connectivity index (χ3v) is 1.88. The van der Waals surface area contributed by atoms with Gasteiger partial charge in [-0.2, -0.15) is 0 Å². The minimum atomic E-state index is -0.881. The van der Waals surface area contributed by atoms with Gasteiger partial charge >= 0.3 is 5.97 Å². The van der Waals surface area contributed by atoms with E-state index in [2.05, 4.69) is 0 Å². The number of carbonyl (C=O) groups is 1. The number of carboxylic acids is 1. The molecule has 0 radical (unpaired) electrons. The van der Waals surface area contributed by atoms with Crippen LogP contribution in [0.2, 0.25) is 0 Å². The molecule has 1 atom stereocenters. The summed E-state index contributed by atoms with van der Waals surface area (Å²) in [4.78, 5) is 10.1. The molecule has 0 aromatic heterocycles. The smallest absolute Gasteiger partial charge is 0.316 e. The van der Waals surface area contributed by atoms with Crippen molar-refractivity contribution in [2.24, 2.45) is 0 Å². The lowest BCUT2D eigenvalue weighted by Gasteiger charge is -2.01. The number of hydrogen-bond acceptors (Lipinski definition) is 2. The average molecular weight is 152 g/mol. The van der Waals surface area contributed by atoms with E-state index in [0.717, 1.165) is 11.8 Å². The van der Waals surface area contributed by atoms with Gasteiger partial charge in [-0.3, -0.25) is 9.18 Å². The molecular formula is C5H9FO2S. The first-order valence-corrected chi connectivity index (χ1v) is 3.63. The van der Waals surface area contributed by atoms with Crippen LogP contribution >= 0.6 is 11.8 Å². The van der Waals surface area contributed by atoms with Crippen molar-refractivity contribution >= 4 is 17.7 Å². The van der Waals surface area contributed by atoms with Crippen molar-refractivity contribution in [1.29, 1.82) is 0 Å². The average Bonchev–Trinajstić information content (AvgIpc) is 1.82. The molecular weight excluding hydrogens is 143 g/mol. The number of rotatable bonds is 4. The van der Waals surface area contributed by atoms with Crippen molar-refractivity contribution in [3.63, 3.8) is 0 Å². The Kier molecular flexibility index (Phi) is 4.48. The summed E-state index contributed by atoms with van der Waals surface area (Å²) in [6, 6.07) is 0. The molecule has 0 aromatic carbocycles. The Bertz CT molecular complexity index is 97.0. The summed E-state index contributed by atoms with van der Waals surface area (Å²) in [7, 11) is 0. The summed E-state index contributed by atoms with van der Waals surface area (Å²) >= 11 is 1.11. The number of carboxylic acid groups (broad SMARTS) is 1. The van der Waals surface area contributed by atoms with Gasteiger partial charge in [0.2, 0.25) is 0 Å². The van der Waals surface area contributed by atoms with Crippen molar-refractivity contribution in [3.05, 3.63) is 0 Å². The molecule has 0 aromatic rings. The zero-order valence-electron chi connectivity index (χ0n) is 5.13. The molecule has 0 rings (SSSR count). The van der Waals surface area contributed by atoms with Gasteiger partial charge in [0, 0.05) is 5.75 Å². The van der Waals surface area contributed by atoms with E-state index >= 15 is 0 Å². The predicted octanol–water partition coefficient (Wildman–Crippen LogP) is 1.16. The molecule has 0 aliphatic carbocycles. The van der Waals surface area contributed by atoms with Crippen molar-refractivity contribution in [2.75, 3.05) is 12.4 Å². The van der Waals surface area contributed by atoms with E-state index in [4.69, 9.17) is 5.11 Å². The maximum atomic E-state index is 11.4. The summed E-state index contributed by atoms with van der Waals surface area (Å²) in [6.45, 7) is 1.09. The van der Waals surface area contributed by atoms with Crippen molar-refractivity contribution < 1.29 is 14.3 Å². The Labute approximate surface area is 57.4 Å². The van der Waals surface area contributed by atoms with E-state index in [1.807, 2.05) is 0 Å². The van der Waals surface area contributed by atoms with E-state index in [9.17, 15) is 9.18 Å². The van der Waals surface area contributed by atoms with Crippen LogP contribution in [-0.2, 0) is 4.79 Å². The first-order chi connectivity index (χ1) is 4.18. The fourth-order valence-corrected chi connectivity index (χ4v) is 0.878. The lowest BCUT2D eigenvalue weighted by atomic mass is 10.5. The highest BCUT2D eigenvalue weighted by Gasteiger charge is 2.09. The van der Waals surface area contributed by atoms with E-state index in [1.54, 1.807) is 6.92 Å². The van der Waals surface area contributed by atoms with Gasteiger partial charge in [0.15, 0.2) is 0 Å². The maximum absolute atomic E-state index is 11.4. The standard InChI is InChI=1S/C5H9FO2S/c1-4(5(7)8)9-3-2-6/h4H,2-3H2,1H3,(H,7,8). The topological polar surface area (TPSA) is 37.3 Å². The van der Waals surface area contributed by atoms with Crippen LogP contribution in [-0.4, -0.2) is 28.8 Å². The summed E-state index contributed by atoms with van der Waals surface area (Å²) in [5.74, 6) is -0.610. The molecule has 0 fully saturated rings. The summed E-state index contributed by atoms with van der Waals surface area (Å²) in [6.07, 6.45) is 0. The van der Waals surface area contributed by atoms with Crippen LogP contribution in [0.5, 0.6) is 0 Å². The Morgan fingerprint density at radius 1 is 1.89 bits per heavy atom. The van der Waals surface area contributed by atoms with Crippen LogP contribution < -0.4 is 0 Å². The molecule has 4 heteroatoms. The van der Waals surface area contributed by atoms with Crippen LogP contribution in [0.4, 0.5) is 4.39 Å². The summed E-state index contributed by atoms with van der Waals surface area (Å²) < 4.78 is 11.4. The van der Waals surface area contributed by atoms with E-state index < -0.39 is 17.9 Å². The normalized spacial score (nSPS) is 13.1. The fraction of sp³-hybridized carbons (Fsp3) is 0.800. The molecule has 2 nitrogen and oxygen atoms in total. The largest absolute Gasteiger partial charge is 0.480 e. The van der Waals surface area contributed by atoms with Gasteiger partial charge in [-0.15, -0.1) is 11.8 Å². The van der Waals surface area contributed by atoms with Gasteiger partial charge in [0.05, 0.1) is 11.9 Å². The van der Waals surface area contributed by atoms with Gasteiger partial charge in [-0.05, 0) is 6.92 Å². The third-order valence-electron chi connectivity index (χ3n) is 0.793. The SMILES string of the molecule is CC(SCCF)C(=O)O. The zero-order valence-corrected chi connectivity index (χ0v) is 5.95. The molecule has 0 amide bonds. The van der Waals surface area contributed by atoms with Gasteiger partial charge in [0.25, 0.3) is 0 Å². The molecule has 0 bridgehead atoms. The minimum absolute atomic E-state index is 0.271. The van der Waals surface area contributed by atoms with Gasteiger partial charge in [-0.1, -0.05) is 0 Å². The van der Waals surface area contributed by atoms with Crippen LogP contribution in [0.1, 0.15) is 6.92 Å². The first kappa shape index (κ1) is 8.75. The Morgan fingerprint density at radius 2 is 2.44 bits per heavy atom. The quantitative estimate of drug-likeness (QED) is 0.656. The molecule has 0 saturated carbocycles. The van der Waals surface area contributed by atoms with Crippen LogP contribution in [0.25, 0.3) is 0 Å². The predicted molar refractivity (Wildman–Crippen MR) is 35.5 cm³/mol. The molecule has 0 spiro atoms. The minimum Gasteiger partial charge on any atom is -0.480 e. The molecule has 0 saturated heterocycles. The monoisotopic (exact) mass is 152 g/mol.